The smallest absolute Gasteiger partial charge is 0.0546 e. The van der Waals surface area contributed by atoms with Crippen LogP contribution < -0.4 is 9.80 Å². The van der Waals surface area contributed by atoms with Crippen molar-refractivity contribution in [1.29, 1.82) is 0 Å². The molecule has 11 aromatic carbocycles. The normalized spacial score (nSPS) is 11.1. The van der Waals surface area contributed by atoms with Gasteiger partial charge in [-0.15, -0.1) is 0 Å². The maximum atomic E-state index is 2.42. The molecule has 0 aliphatic rings. The summed E-state index contributed by atoms with van der Waals surface area (Å²) in [6.45, 7) is 0. The monoisotopic (exact) mass is 816 g/mol. The molecule has 11 rings (SSSR count). The van der Waals surface area contributed by atoms with Crippen molar-refractivity contribution in [1.82, 2.24) is 0 Å². The van der Waals surface area contributed by atoms with E-state index < -0.39 is 0 Å². The van der Waals surface area contributed by atoms with Crippen LogP contribution in [0.4, 0.5) is 34.1 Å². The maximum absolute atomic E-state index is 2.42. The van der Waals surface area contributed by atoms with Crippen molar-refractivity contribution in [3.8, 4) is 44.5 Å². The van der Waals surface area contributed by atoms with Gasteiger partial charge < -0.3 is 9.80 Å². The van der Waals surface area contributed by atoms with Gasteiger partial charge in [0.15, 0.2) is 0 Å². The molecule has 0 bridgehead atoms. The molecule has 0 aliphatic heterocycles. The molecule has 0 heterocycles. The van der Waals surface area contributed by atoms with Crippen molar-refractivity contribution < 1.29 is 0 Å². The first-order valence-electron chi connectivity index (χ1n) is 21.9. The number of hydrogen-bond acceptors (Lipinski definition) is 2. The molecule has 0 atom stereocenters. The molecule has 0 fully saturated rings. The van der Waals surface area contributed by atoms with E-state index in [0.29, 0.717) is 0 Å². The lowest BCUT2D eigenvalue weighted by Gasteiger charge is -2.30. The fourth-order valence-corrected chi connectivity index (χ4v) is 9.26. The Kier molecular flexibility index (Phi) is 10.3. The number of anilines is 6. The SMILES string of the molecule is c1ccc(-c2c(N(c3ccccc3)c3ccc(-c4ccc(-c5ccccc5N(c5ccccc5)c5ccc6ccccc6c5-c5ccccc5)cc4)cc3)ccc3ccccc23)cc1. The first kappa shape index (κ1) is 38.5. The van der Waals surface area contributed by atoms with Crippen molar-refractivity contribution in [2.75, 3.05) is 9.80 Å². The van der Waals surface area contributed by atoms with Gasteiger partial charge in [-0.3, -0.25) is 0 Å². The third-order valence-corrected chi connectivity index (χ3v) is 12.2. The van der Waals surface area contributed by atoms with E-state index in [0.717, 1.165) is 56.4 Å². The fourth-order valence-electron chi connectivity index (χ4n) is 9.26. The summed E-state index contributed by atoms with van der Waals surface area (Å²) in [5, 5.41) is 4.89. The van der Waals surface area contributed by atoms with E-state index in [2.05, 4.69) is 277 Å². The third kappa shape index (κ3) is 7.27. The number of para-hydroxylation sites is 3. The van der Waals surface area contributed by atoms with E-state index in [4.69, 9.17) is 0 Å². The van der Waals surface area contributed by atoms with E-state index in [-0.39, 0.29) is 0 Å². The Morgan fingerprint density at radius 2 is 0.578 bits per heavy atom. The Morgan fingerprint density at radius 3 is 1.11 bits per heavy atom. The van der Waals surface area contributed by atoms with E-state index >= 15 is 0 Å². The van der Waals surface area contributed by atoms with Gasteiger partial charge in [0.25, 0.3) is 0 Å². The molecular weight excluding hydrogens is 773 g/mol. The van der Waals surface area contributed by atoms with Crippen LogP contribution in [0.3, 0.4) is 0 Å². The van der Waals surface area contributed by atoms with Crippen LogP contribution in [0.25, 0.3) is 66.1 Å². The van der Waals surface area contributed by atoms with Crippen LogP contribution >= 0.6 is 0 Å². The minimum absolute atomic E-state index is 1.09. The van der Waals surface area contributed by atoms with Gasteiger partial charge in [0.2, 0.25) is 0 Å². The standard InChI is InChI=1S/C62H44N2/c1-5-21-50(22-6-1)61-56-30-15-13-19-47(56)39-43-59(61)63(52-25-9-3-10-26-52)54-41-37-46(38-42-54)45-33-35-49(36-34-45)55-29-17-18-32-58(55)64(53-27-11-4-12-28-53)60-44-40-48-20-14-16-31-57(48)62(60)51-23-7-2-8-24-51/h1-44H. The van der Waals surface area contributed by atoms with Crippen LogP contribution in [0.1, 0.15) is 0 Å². The van der Waals surface area contributed by atoms with Gasteiger partial charge in [0.05, 0.1) is 17.1 Å². The summed E-state index contributed by atoms with van der Waals surface area (Å²) < 4.78 is 0. The van der Waals surface area contributed by atoms with Gasteiger partial charge >= 0.3 is 0 Å². The van der Waals surface area contributed by atoms with Crippen LogP contribution in [-0.2, 0) is 0 Å². The quantitative estimate of drug-likeness (QED) is 0.136. The van der Waals surface area contributed by atoms with Gasteiger partial charge in [-0.25, -0.2) is 0 Å². The molecule has 0 N–H and O–H groups in total. The van der Waals surface area contributed by atoms with Crippen molar-refractivity contribution in [3.63, 3.8) is 0 Å². The Balaban J connectivity index is 0.979. The second kappa shape index (κ2) is 17.1. The average molecular weight is 817 g/mol. The Morgan fingerprint density at radius 1 is 0.203 bits per heavy atom. The minimum atomic E-state index is 1.09. The molecule has 64 heavy (non-hydrogen) atoms. The van der Waals surface area contributed by atoms with Crippen molar-refractivity contribution >= 4 is 55.7 Å². The van der Waals surface area contributed by atoms with E-state index in [1.165, 1.54) is 43.8 Å². The van der Waals surface area contributed by atoms with Crippen LogP contribution in [0, 0.1) is 0 Å². The van der Waals surface area contributed by atoms with E-state index in [9.17, 15) is 0 Å². The number of benzene rings is 11. The van der Waals surface area contributed by atoms with Crippen LogP contribution in [-0.4, -0.2) is 0 Å². The molecule has 0 aromatic heterocycles. The highest BCUT2D eigenvalue weighted by Gasteiger charge is 2.23. The van der Waals surface area contributed by atoms with E-state index in [1.54, 1.807) is 0 Å². The highest BCUT2D eigenvalue weighted by Crippen LogP contribution is 2.48. The predicted molar refractivity (Wildman–Crippen MR) is 273 cm³/mol. The molecule has 0 aliphatic carbocycles. The second-order valence-corrected chi connectivity index (χ2v) is 16.1. The van der Waals surface area contributed by atoms with Crippen LogP contribution in [0.15, 0.2) is 267 Å². The second-order valence-electron chi connectivity index (χ2n) is 16.1. The maximum Gasteiger partial charge on any atom is 0.0546 e. The lowest BCUT2D eigenvalue weighted by Crippen LogP contribution is -2.12. The zero-order valence-electron chi connectivity index (χ0n) is 35.3. The highest BCUT2D eigenvalue weighted by atomic mass is 15.2. The topological polar surface area (TPSA) is 6.48 Å². The molecule has 0 saturated carbocycles. The molecule has 11 aromatic rings. The fraction of sp³-hybridized carbons (Fsp3) is 0. The van der Waals surface area contributed by atoms with Gasteiger partial charge in [-0.05, 0) is 104 Å². The Hall–Kier alpha value is -8.46. The van der Waals surface area contributed by atoms with E-state index in [1.807, 2.05) is 0 Å². The summed E-state index contributed by atoms with van der Waals surface area (Å²) in [7, 11) is 0. The van der Waals surface area contributed by atoms with Gasteiger partial charge in [0.1, 0.15) is 0 Å². The summed E-state index contributed by atoms with van der Waals surface area (Å²) >= 11 is 0. The summed E-state index contributed by atoms with van der Waals surface area (Å²) in [4.78, 5) is 4.81. The zero-order chi connectivity index (χ0) is 42.7. The Labute approximate surface area is 375 Å². The van der Waals surface area contributed by atoms with Crippen molar-refractivity contribution in [3.05, 3.63) is 267 Å². The minimum Gasteiger partial charge on any atom is -0.310 e. The Bertz CT molecular complexity index is 3350. The van der Waals surface area contributed by atoms with Gasteiger partial charge in [0, 0.05) is 33.8 Å². The molecule has 302 valence electrons. The summed E-state index contributed by atoms with van der Waals surface area (Å²) in [6, 6.07) is 96.2. The summed E-state index contributed by atoms with van der Waals surface area (Å²) in [5.41, 5.74) is 16.1. The summed E-state index contributed by atoms with van der Waals surface area (Å²) in [6.07, 6.45) is 0. The molecule has 0 saturated heterocycles. The van der Waals surface area contributed by atoms with Crippen LogP contribution in [0.2, 0.25) is 0 Å². The number of hydrogen-bond donors (Lipinski definition) is 0. The predicted octanol–water partition coefficient (Wildman–Crippen LogP) is 17.6. The van der Waals surface area contributed by atoms with Crippen molar-refractivity contribution in [2.24, 2.45) is 0 Å². The van der Waals surface area contributed by atoms with Crippen molar-refractivity contribution in [2.45, 2.75) is 0 Å². The molecule has 0 unspecified atom stereocenters. The van der Waals surface area contributed by atoms with Crippen LogP contribution in [0.5, 0.6) is 0 Å². The first-order valence-corrected chi connectivity index (χ1v) is 21.9. The first-order chi connectivity index (χ1) is 31.8. The molecule has 0 radical (unpaired) electrons. The molecular formula is C62H44N2. The number of nitrogens with zero attached hydrogens (tertiary/aromatic N) is 2. The molecule has 0 amide bonds. The zero-order valence-corrected chi connectivity index (χ0v) is 35.3. The number of rotatable bonds is 10. The highest BCUT2D eigenvalue weighted by molar-refractivity contribution is 6.07. The lowest BCUT2D eigenvalue weighted by atomic mass is 9.94. The third-order valence-electron chi connectivity index (χ3n) is 12.2. The molecule has 2 heteroatoms. The molecule has 0 spiro atoms. The largest absolute Gasteiger partial charge is 0.310 e. The lowest BCUT2D eigenvalue weighted by molar-refractivity contribution is 1.29. The van der Waals surface area contributed by atoms with Gasteiger partial charge in [-0.1, -0.05) is 212 Å². The molecule has 2 nitrogen and oxygen atoms in total. The number of fused-ring (bicyclic) bond motifs is 2. The summed E-state index contributed by atoms with van der Waals surface area (Å²) in [5.74, 6) is 0. The van der Waals surface area contributed by atoms with Gasteiger partial charge in [-0.2, -0.15) is 0 Å². The average Bonchev–Trinajstić information content (AvgIpc) is 3.38.